The molecule has 2 nitrogen and oxygen atoms in total. The van der Waals surface area contributed by atoms with E-state index in [0.29, 0.717) is 0 Å². The predicted molar refractivity (Wildman–Crippen MR) is 76.4 cm³/mol. The highest BCUT2D eigenvalue weighted by Gasteiger charge is 1.92. The standard InChI is InChI=1S/C16H19NO/c1-17(2)16-12-10-15(11-13-16)9-7-5-3-4-6-8-14-18/h10-13,18H,4,6,8,14H2,1-2H3. The first-order valence-corrected chi connectivity index (χ1v) is 6.11. The van der Waals surface area contributed by atoms with E-state index < -0.39 is 0 Å². The summed E-state index contributed by atoms with van der Waals surface area (Å²) in [7, 11) is 4.02. The Bertz CT molecular complexity index is 466. The molecule has 0 aromatic heterocycles. The van der Waals surface area contributed by atoms with Gasteiger partial charge in [0.2, 0.25) is 0 Å². The molecule has 0 aliphatic rings. The van der Waals surface area contributed by atoms with Crippen LogP contribution in [-0.4, -0.2) is 25.8 Å². The highest BCUT2D eigenvalue weighted by Crippen LogP contribution is 2.11. The molecular weight excluding hydrogens is 222 g/mol. The summed E-state index contributed by atoms with van der Waals surface area (Å²) >= 11 is 0. The van der Waals surface area contributed by atoms with Crippen molar-refractivity contribution < 1.29 is 5.11 Å². The maximum atomic E-state index is 8.60. The van der Waals surface area contributed by atoms with Crippen LogP contribution in [0, 0.1) is 23.7 Å². The zero-order valence-electron chi connectivity index (χ0n) is 11.0. The second-order valence-corrected chi connectivity index (χ2v) is 4.17. The normalized spacial score (nSPS) is 8.83. The van der Waals surface area contributed by atoms with Gasteiger partial charge in [0, 0.05) is 38.4 Å². The van der Waals surface area contributed by atoms with Gasteiger partial charge in [0.15, 0.2) is 0 Å². The highest BCUT2D eigenvalue weighted by atomic mass is 16.2. The smallest absolute Gasteiger partial charge is 0.0431 e. The number of unbranched alkanes of at least 4 members (excludes halogenated alkanes) is 2. The van der Waals surface area contributed by atoms with E-state index in [1.807, 2.05) is 38.4 Å². The highest BCUT2D eigenvalue weighted by molar-refractivity contribution is 5.50. The molecule has 0 amide bonds. The monoisotopic (exact) mass is 241 g/mol. The Morgan fingerprint density at radius 1 is 1.06 bits per heavy atom. The van der Waals surface area contributed by atoms with Gasteiger partial charge in [-0.3, -0.25) is 0 Å². The van der Waals surface area contributed by atoms with E-state index in [2.05, 4.69) is 28.6 Å². The lowest BCUT2D eigenvalue weighted by Gasteiger charge is -2.11. The van der Waals surface area contributed by atoms with Gasteiger partial charge in [-0.25, -0.2) is 0 Å². The molecule has 0 saturated carbocycles. The third-order valence-corrected chi connectivity index (χ3v) is 2.45. The summed E-state index contributed by atoms with van der Waals surface area (Å²) < 4.78 is 0. The minimum atomic E-state index is 0.242. The van der Waals surface area contributed by atoms with Crippen LogP contribution in [0.2, 0.25) is 0 Å². The lowest BCUT2D eigenvalue weighted by atomic mass is 10.2. The number of hydrogen-bond acceptors (Lipinski definition) is 2. The third kappa shape index (κ3) is 5.43. The molecule has 1 rings (SSSR count). The summed E-state index contributed by atoms with van der Waals surface area (Å²) in [6.07, 6.45) is 2.55. The van der Waals surface area contributed by atoms with Crippen LogP contribution < -0.4 is 4.90 Å². The molecule has 0 radical (unpaired) electrons. The molecule has 0 atom stereocenters. The molecule has 1 aromatic carbocycles. The van der Waals surface area contributed by atoms with Gasteiger partial charge in [0.1, 0.15) is 0 Å². The van der Waals surface area contributed by atoms with Crippen LogP contribution in [0.25, 0.3) is 0 Å². The Kier molecular flexibility index (Phi) is 6.47. The average Bonchev–Trinajstić information content (AvgIpc) is 2.38. The Morgan fingerprint density at radius 2 is 1.78 bits per heavy atom. The first-order chi connectivity index (χ1) is 8.74. The van der Waals surface area contributed by atoms with Gasteiger partial charge in [-0.1, -0.05) is 11.8 Å². The Morgan fingerprint density at radius 3 is 2.39 bits per heavy atom. The molecule has 94 valence electrons. The van der Waals surface area contributed by atoms with Gasteiger partial charge in [-0.2, -0.15) is 0 Å². The number of hydrogen-bond donors (Lipinski definition) is 1. The lowest BCUT2D eigenvalue weighted by molar-refractivity contribution is 0.285. The SMILES string of the molecule is CN(C)c1ccc(C#CC#CCCCCO)cc1. The second kappa shape index (κ2) is 8.23. The van der Waals surface area contributed by atoms with Gasteiger partial charge in [-0.15, -0.1) is 0 Å². The molecule has 2 heteroatoms. The topological polar surface area (TPSA) is 23.5 Å². The number of anilines is 1. The van der Waals surface area contributed by atoms with E-state index in [0.717, 1.165) is 30.5 Å². The summed E-state index contributed by atoms with van der Waals surface area (Å²) in [5, 5.41) is 8.60. The van der Waals surface area contributed by atoms with Crippen molar-refractivity contribution in [3.05, 3.63) is 29.8 Å². The van der Waals surface area contributed by atoms with Crippen molar-refractivity contribution in [2.75, 3.05) is 25.6 Å². The summed E-state index contributed by atoms with van der Waals surface area (Å²) in [5.41, 5.74) is 2.14. The van der Waals surface area contributed by atoms with Gasteiger partial charge < -0.3 is 10.0 Å². The first-order valence-electron chi connectivity index (χ1n) is 6.11. The number of aliphatic hydroxyl groups is 1. The van der Waals surface area contributed by atoms with Gasteiger partial charge in [0.05, 0.1) is 0 Å². The van der Waals surface area contributed by atoms with E-state index in [9.17, 15) is 0 Å². The average molecular weight is 241 g/mol. The van der Waals surface area contributed by atoms with E-state index in [4.69, 9.17) is 5.11 Å². The molecule has 0 unspecified atom stereocenters. The molecule has 18 heavy (non-hydrogen) atoms. The fourth-order valence-corrected chi connectivity index (χ4v) is 1.38. The Balaban J connectivity index is 2.47. The fourth-order valence-electron chi connectivity index (χ4n) is 1.38. The van der Waals surface area contributed by atoms with Crippen LogP contribution in [0.1, 0.15) is 24.8 Å². The molecule has 0 heterocycles. The van der Waals surface area contributed by atoms with Crippen molar-refractivity contribution in [1.82, 2.24) is 0 Å². The second-order valence-electron chi connectivity index (χ2n) is 4.17. The third-order valence-electron chi connectivity index (χ3n) is 2.45. The molecule has 0 saturated heterocycles. The van der Waals surface area contributed by atoms with Crippen molar-refractivity contribution >= 4 is 5.69 Å². The van der Waals surface area contributed by atoms with Crippen molar-refractivity contribution in [2.24, 2.45) is 0 Å². The maximum absolute atomic E-state index is 8.60. The fraction of sp³-hybridized carbons (Fsp3) is 0.375. The van der Waals surface area contributed by atoms with Crippen LogP contribution in [0.4, 0.5) is 5.69 Å². The molecule has 0 fully saturated rings. The minimum absolute atomic E-state index is 0.242. The van der Waals surface area contributed by atoms with E-state index >= 15 is 0 Å². The van der Waals surface area contributed by atoms with Gasteiger partial charge in [-0.05, 0) is 48.9 Å². The quantitative estimate of drug-likeness (QED) is 0.645. The summed E-state index contributed by atoms with van der Waals surface area (Å²) in [6, 6.07) is 8.07. The number of aliphatic hydroxyl groups excluding tert-OH is 1. The molecule has 1 N–H and O–H groups in total. The van der Waals surface area contributed by atoms with Crippen LogP contribution in [0.5, 0.6) is 0 Å². The Labute approximate surface area is 110 Å². The zero-order chi connectivity index (χ0) is 13.2. The van der Waals surface area contributed by atoms with Crippen LogP contribution >= 0.6 is 0 Å². The first kappa shape index (κ1) is 14.2. The molecule has 0 aliphatic carbocycles. The number of nitrogens with zero attached hydrogens (tertiary/aromatic N) is 1. The summed E-state index contributed by atoms with van der Waals surface area (Å²) in [5.74, 6) is 11.7. The molecule has 0 bridgehead atoms. The lowest BCUT2D eigenvalue weighted by Crippen LogP contribution is -2.07. The maximum Gasteiger partial charge on any atom is 0.0431 e. The van der Waals surface area contributed by atoms with Crippen molar-refractivity contribution in [3.63, 3.8) is 0 Å². The van der Waals surface area contributed by atoms with E-state index in [-0.39, 0.29) is 6.61 Å². The molecule has 0 spiro atoms. The van der Waals surface area contributed by atoms with Crippen LogP contribution in [0.15, 0.2) is 24.3 Å². The molecule has 0 aliphatic heterocycles. The summed E-state index contributed by atoms with van der Waals surface area (Å²) in [6.45, 7) is 0.242. The van der Waals surface area contributed by atoms with Crippen LogP contribution in [0.3, 0.4) is 0 Å². The number of rotatable bonds is 4. The van der Waals surface area contributed by atoms with E-state index in [1.54, 1.807) is 0 Å². The van der Waals surface area contributed by atoms with Gasteiger partial charge in [0.25, 0.3) is 0 Å². The van der Waals surface area contributed by atoms with Crippen LogP contribution in [-0.2, 0) is 0 Å². The van der Waals surface area contributed by atoms with Crippen molar-refractivity contribution in [3.8, 4) is 23.7 Å². The number of benzene rings is 1. The zero-order valence-corrected chi connectivity index (χ0v) is 11.0. The molecule has 1 aromatic rings. The minimum Gasteiger partial charge on any atom is -0.396 e. The molecular formula is C16H19NO. The van der Waals surface area contributed by atoms with Crippen molar-refractivity contribution in [2.45, 2.75) is 19.3 Å². The predicted octanol–water partition coefficient (Wildman–Crippen LogP) is 2.27. The Hall–Kier alpha value is -1.90. The largest absolute Gasteiger partial charge is 0.396 e. The van der Waals surface area contributed by atoms with Crippen molar-refractivity contribution in [1.29, 1.82) is 0 Å². The summed E-state index contributed by atoms with van der Waals surface area (Å²) in [4.78, 5) is 2.05. The van der Waals surface area contributed by atoms with Gasteiger partial charge >= 0.3 is 0 Å². The van der Waals surface area contributed by atoms with E-state index in [1.165, 1.54) is 0 Å².